The summed E-state index contributed by atoms with van der Waals surface area (Å²) in [7, 11) is 0. The zero-order chi connectivity index (χ0) is 18.1. The van der Waals surface area contributed by atoms with Gasteiger partial charge in [0, 0.05) is 31.0 Å². The van der Waals surface area contributed by atoms with Crippen LogP contribution in [0.1, 0.15) is 28.5 Å². The highest BCUT2D eigenvalue weighted by atomic mass is 79.9. The topological polar surface area (TPSA) is 56.6 Å². The van der Waals surface area contributed by atoms with Crippen LogP contribution in [0.15, 0.2) is 39.6 Å². The number of nitriles is 1. The Morgan fingerprint density at radius 1 is 1.20 bits per heavy atom. The summed E-state index contributed by atoms with van der Waals surface area (Å²) in [5.74, 6) is 0. The normalized spacial score (nSPS) is 10.7. The number of benzene rings is 1. The van der Waals surface area contributed by atoms with Crippen LogP contribution in [0.4, 0.5) is 0 Å². The lowest BCUT2D eigenvalue weighted by Gasteiger charge is -2.09. The molecule has 0 fully saturated rings. The van der Waals surface area contributed by atoms with E-state index >= 15 is 0 Å². The minimum absolute atomic E-state index is 0.157. The fourth-order valence-electron chi connectivity index (χ4n) is 2.91. The number of nitrogens with zero attached hydrogens (tertiary/aromatic N) is 1. The van der Waals surface area contributed by atoms with Gasteiger partial charge in [-0.1, -0.05) is 30.7 Å². The monoisotopic (exact) mass is 412 g/mol. The van der Waals surface area contributed by atoms with Crippen molar-refractivity contribution in [3.8, 4) is 27.8 Å². The van der Waals surface area contributed by atoms with Crippen molar-refractivity contribution < 1.29 is 0 Å². The molecule has 0 saturated heterocycles. The molecule has 1 N–H and O–H groups in total. The van der Waals surface area contributed by atoms with Crippen molar-refractivity contribution in [1.29, 1.82) is 5.26 Å². The second-order valence-corrected chi connectivity index (χ2v) is 7.96. The largest absolute Gasteiger partial charge is 0.321 e. The zero-order valence-electron chi connectivity index (χ0n) is 14.2. The van der Waals surface area contributed by atoms with E-state index < -0.39 is 0 Å². The van der Waals surface area contributed by atoms with Crippen molar-refractivity contribution in [2.45, 2.75) is 27.2 Å². The highest BCUT2D eigenvalue weighted by molar-refractivity contribution is 9.10. The molecular formula is C20H17BrN2OS. The molecule has 0 aliphatic carbocycles. The first-order chi connectivity index (χ1) is 11.9. The molecule has 3 rings (SSSR count). The summed E-state index contributed by atoms with van der Waals surface area (Å²) < 4.78 is 1.02. The maximum atomic E-state index is 12.5. The fraction of sp³-hybridized carbons (Fsp3) is 0.200. The Labute approximate surface area is 159 Å². The summed E-state index contributed by atoms with van der Waals surface area (Å²) >= 11 is 5.17. The van der Waals surface area contributed by atoms with Crippen LogP contribution in [0.5, 0.6) is 0 Å². The van der Waals surface area contributed by atoms with Gasteiger partial charge in [-0.3, -0.25) is 4.79 Å². The number of hydrogen-bond donors (Lipinski definition) is 1. The van der Waals surface area contributed by atoms with Gasteiger partial charge in [-0.25, -0.2) is 0 Å². The van der Waals surface area contributed by atoms with E-state index in [4.69, 9.17) is 0 Å². The van der Waals surface area contributed by atoms with Crippen LogP contribution in [-0.4, -0.2) is 4.98 Å². The minimum atomic E-state index is -0.349. The van der Waals surface area contributed by atoms with Gasteiger partial charge in [-0.05, 0) is 53.9 Å². The molecular weight excluding hydrogens is 396 g/mol. The number of rotatable bonds is 3. The average molecular weight is 413 g/mol. The zero-order valence-corrected chi connectivity index (χ0v) is 16.6. The lowest BCUT2D eigenvalue weighted by molar-refractivity contribution is 1.18. The number of pyridine rings is 1. The van der Waals surface area contributed by atoms with E-state index in [1.807, 2.05) is 38.1 Å². The predicted octanol–water partition coefficient (Wildman–Crippen LogP) is 5.58. The van der Waals surface area contributed by atoms with Gasteiger partial charge in [0.2, 0.25) is 0 Å². The molecule has 0 spiro atoms. The number of hydrogen-bond acceptors (Lipinski definition) is 3. The van der Waals surface area contributed by atoms with Crippen LogP contribution in [0.3, 0.4) is 0 Å². The molecule has 0 aliphatic rings. The molecule has 3 aromatic rings. The van der Waals surface area contributed by atoms with Crippen LogP contribution >= 0.6 is 27.3 Å². The third-order valence-electron chi connectivity index (χ3n) is 4.16. The van der Waals surface area contributed by atoms with Gasteiger partial charge in [0.25, 0.3) is 5.56 Å². The van der Waals surface area contributed by atoms with Crippen LogP contribution < -0.4 is 5.56 Å². The minimum Gasteiger partial charge on any atom is -0.321 e. The number of aromatic nitrogens is 1. The van der Waals surface area contributed by atoms with Crippen molar-refractivity contribution >= 4 is 27.3 Å². The van der Waals surface area contributed by atoms with E-state index in [9.17, 15) is 10.1 Å². The van der Waals surface area contributed by atoms with Crippen molar-refractivity contribution in [2.75, 3.05) is 0 Å². The highest BCUT2D eigenvalue weighted by Gasteiger charge is 2.16. The molecule has 3 nitrogen and oxygen atoms in total. The summed E-state index contributed by atoms with van der Waals surface area (Å²) in [6.07, 6.45) is 0.903. The number of nitrogens with one attached hydrogen (secondary N) is 1. The number of aryl methyl sites for hydroxylation is 3. The first-order valence-electron chi connectivity index (χ1n) is 7.98. The lowest BCUT2D eigenvalue weighted by Crippen LogP contribution is -2.12. The second kappa shape index (κ2) is 6.99. The maximum absolute atomic E-state index is 12.5. The Balaban J connectivity index is 2.26. The molecule has 2 heterocycles. The van der Waals surface area contributed by atoms with Gasteiger partial charge in [0.15, 0.2) is 0 Å². The molecule has 0 radical (unpaired) electrons. The maximum Gasteiger partial charge on any atom is 0.267 e. The van der Waals surface area contributed by atoms with Crippen LogP contribution in [0.25, 0.3) is 21.7 Å². The van der Waals surface area contributed by atoms with E-state index in [1.54, 1.807) is 11.3 Å². The standard InChI is InChI=1S/C20H17BrN2OS/c1-4-18-16(21)9-19(25-18)14-8-17(23-20(24)15(14)10-22)13-6-5-11(2)7-12(13)3/h5-9H,4H2,1-3H3,(H,23,24). The molecule has 25 heavy (non-hydrogen) atoms. The Morgan fingerprint density at radius 2 is 1.96 bits per heavy atom. The Hall–Kier alpha value is -2.16. The van der Waals surface area contributed by atoms with E-state index in [-0.39, 0.29) is 11.1 Å². The second-order valence-electron chi connectivity index (χ2n) is 5.97. The number of aromatic amines is 1. The molecule has 0 aliphatic heterocycles. The highest BCUT2D eigenvalue weighted by Crippen LogP contribution is 2.37. The third kappa shape index (κ3) is 3.33. The molecule has 5 heteroatoms. The number of halogens is 1. The van der Waals surface area contributed by atoms with Crippen LogP contribution in [0.2, 0.25) is 0 Å². The molecule has 0 saturated carbocycles. The summed E-state index contributed by atoms with van der Waals surface area (Å²) in [5.41, 5.74) is 4.47. The first kappa shape index (κ1) is 17.7. The quantitative estimate of drug-likeness (QED) is 0.609. The van der Waals surface area contributed by atoms with E-state index in [0.29, 0.717) is 5.56 Å². The summed E-state index contributed by atoms with van der Waals surface area (Å²) in [6, 6.07) is 12.1. The van der Waals surface area contributed by atoms with Gasteiger partial charge in [-0.2, -0.15) is 5.26 Å². The fourth-order valence-corrected chi connectivity index (χ4v) is 4.82. The molecule has 0 amide bonds. The van der Waals surface area contributed by atoms with E-state index in [1.165, 1.54) is 10.4 Å². The smallest absolute Gasteiger partial charge is 0.267 e. The van der Waals surface area contributed by atoms with Crippen molar-refractivity contribution in [2.24, 2.45) is 0 Å². The van der Waals surface area contributed by atoms with Gasteiger partial charge in [0.05, 0.1) is 0 Å². The Morgan fingerprint density at radius 3 is 2.56 bits per heavy atom. The van der Waals surface area contributed by atoms with Crippen LogP contribution in [-0.2, 0) is 6.42 Å². The van der Waals surface area contributed by atoms with Crippen molar-refractivity contribution in [3.05, 3.63) is 66.7 Å². The summed E-state index contributed by atoms with van der Waals surface area (Å²) in [4.78, 5) is 17.5. The molecule has 0 bridgehead atoms. The molecule has 2 aromatic heterocycles. The predicted molar refractivity (Wildman–Crippen MR) is 107 cm³/mol. The Kier molecular flexibility index (Phi) is 4.94. The molecule has 0 unspecified atom stereocenters. The Bertz CT molecular complexity index is 1060. The van der Waals surface area contributed by atoms with Gasteiger partial charge in [-0.15, -0.1) is 11.3 Å². The van der Waals surface area contributed by atoms with E-state index in [2.05, 4.69) is 40.0 Å². The third-order valence-corrected chi connectivity index (χ3v) is 6.44. The summed E-state index contributed by atoms with van der Waals surface area (Å²) in [5, 5.41) is 9.47. The summed E-state index contributed by atoms with van der Waals surface area (Å²) in [6.45, 7) is 6.15. The van der Waals surface area contributed by atoms with Crippen LogP contribution in [0, 0.1) is 25.2 Å². The average Bonchev–Trinajstić information content (AvgIpc) is 2.95. The van der Waals surface area contributed by atoms with Gasteiger partial charge in [0.1, 0.15) is 11.6 Å². The van der Waals surface area contributed by atoms with Crippen molar-refractivity contribution in [3.63, 3.8) is 0 Å². The van der Waals surface area contributed by atoms with Gasteiger partial charge >= 0.3 is 0 Å². The SMILES string of the molecule is CCc1sc(-c2cc(-c3ccc(C)cc3C)[nH]c(=O)c2C#N)cc1Br. The van der Waals surface area contributed by atoms with Crippen molar-refractivity contribution in [1.82, 2.24) is 4.98 Å². The number of H-pyrrole nitrogens is 1. The molecule has 0 atom stereocenters. The van der Waals surface area contributed by atoms with Gasteiger partial charge < -0.3 is 4.98 Å². The lowest BCUT2D eigenvalue weighted by atomic mass is 9.99. The first-order valence-corrected chi connectivity index (χ1v) is 9.59. The molecule has 1 aromatic carbocycles. The van der Waals surface area contributed by atoms with E-state index in [0.717, 1.165) is 32.6 Å². The molecule has 126 valence electrons. The number of thiophene rings is 1.